The van der Waals surface area contributed by atoms with Gasteiger partial charge in [-0.2, -0.15) is 0 Å². The summed E-state index contributed by atoms with van der Waals surface area (Å²) in [5.74, 6) is -0.525. The highest BCUT2D eigenvalue weighted by Gasteiger charge is 2.17. The highest BCUT2D eigenvalue weighted by atomic mass is 16.6. The number of carbonyl (C=O) groups excluding carboxylic acids is 2. The third-order valence-electron chi connectivity index (χ3n) is 2.61. The second-order valence-electron chi connectivity index (χ2n) is 4.26. The number of nitrogens with one attached hydrogen (secondary N) is 3. The van der Waals surface area contributed by atoms with Gasteiger partial charge in [-0.3, -0.25) is 19.7 Å². The summed E-state index contributed by atoms with van der Waals surface area (Å²) in [6.07, 6.45) is 0. The molecule has 1 aromatic carbocycles. The molecule has 3 N–H and O–H groups in total. The van der Waals surface area contributed by atoms with Crippen LogP contribution in [0.4, 0.5) is 11.4 Å². The summed E-state index contributed by atoms with van der Waals surface area (Å²) in [7, 11) is 0. The van der Waals surface area contributed by atoms with E-state index < -0.39 is 4.92 Å². The average molecular weight is 294 g/mol. The Morgan fingerprint density at radius 1 is 1.24 bits per heavy atom. The summed E-state index contributed by atoms with van der Waals surface area (Å²) in [5, 5.41) is 19.1. The molecule has 0 heterocycles. The van der Waals surface area contributed by atoms with Gasteiger partial charge < -0.3 is 16.0 Å². The smallest absolute Gasteiger partial charge is 0.293 e. The molecule has 0 unspecified atom stereocenters. The summed E-state index contributed by atoms with van der Waals surface area (Å²) in [4.78, 5) is 32.9. The van der Waals surface area contributed by atoms with Gasteiger partial charge in [0.25, 0.3) is 11.6 Å². The Morgan fingerprint density at radius 2 is 1.95 bits per heavy atom. The second kappa shape index (κ2) is 7.83. The lowest BCUT2D eigenvalue weighted by Gasteiger charge is -2.09. The van der Waals surface area contributed by atoms with Crippen LogP contribution in [0.5, 0.6) is 0 Å². The van der Waals surface area contributed by atoms with E-state index in [2.05, 4.69) is 16.0 Å². The molecule has 0 bridgehead atoms. The molecule has 0 spiro atoms. The number of nitro groups is 1. The van der Waals surface area contributed by atoms with Crippen molar-refractivity contribution in [1.29, 1.82) is 0 Å². The van der Waals surface area contributed by atoms with E-state index in [-0.39, 0.29) is 23.1 Å². The number of hydrogen-bond donors (Lipinski definition) is 3. The molecular formula is C13H18N4O4. The van der Waals surface area contributed by atoms with Gasteiger partial charge in [0.15, 0.2) is 0 Å². The second-order valence-corrected chi connectivity index (χ2v) is 4.26. The first-order chi connectivity index (χ1) is 9.95. The lowest BCUT2D eigenvalue weighted by Crippen LogP contribution is -2.26. The van der Waals surface area contributed by atoms with Crippen LogP contribution in [0.25, 0.3) is 0 Å². The third kappa shape index (κ3) is 5.09. The molecular weight excluding hydrogens is 276 g/mol. The van der Waals surface area contributed by atoms with Gasteiger partial charge in [0, 0.05) is 38.2 Å². The Balaban J connectivity index is 2.82. The van der Waals surface area contributed by atoms with Crippen molar-refractivity contribution in [2.24, 2.45) is 0 Å². The van der Waals surface area contributed by atoms with Crippen molar-refractivity contribution in [3.8, 4) is 0 Å². The van der Waals surface area contributed by atoms with Crippen LogP contribution >= 0.6 is 0 Å². The number of nitro benzene ring substituents is 1. The molecule has 8 heteroatoms. The number of rotatable bonds is 7. The Kier molecular flexibility index (Phi) is 6.12. The summed E-state index contributed by atoms with van der Waals surface area (Å²) in [5.41, 5.74) is 0.357. The van der Waals surface area contributed by atoms with Crippen LogP contribution in [0, 0.1) is 10.1 Å². The standard InChI is InChI=1S/C13H18N4O4/c1-3-14-13(19)10-4-5-11(12(8-10)17(20)21)16-7-6-15-9(2)18/h4-5,8,16H,3,6-7H2,1-2H3,(H,14,19)(H,15,18). The fraction of sp³-hybridized carbons (Fsp3) is 0.385. The quantitative estimate of drug-likeness (QED) is 0.392. The van der Waals surface area contributed by atoms with E-state index in [9.17, 15) is 19.7 Å². The van der Waals surface area contributed by atoms with E-state index in [4.69, 9.17) is 0 Å². The maximum absolute atomic E-state index is 11.7. The van der Waals surface area contributed by atoms with Crippen LogP contribution in [-0.4, -0.2) is 36.4 Å². The van der Waals surface area contributed by atoms with Gasteiger partial charge in [0.1, 0.15) is 5.69 Å². The summed E-state index contributed by atoms with van der Waals surface area (Å²) in [6.45, 7) is 4.31. The predicted octanol–water partition coefficient (Wildman–Crippen LogP) is 0.893. The Hall–Kier alpha value is -2.64. The molecule has 0 atom stereocenters. The molecule has 0 fully saturated rings. The Bertz CT molecular complexity index is 545. The zero-order valence-electron chi connectivity index (χ0n) is 11.9. The fourth-order valence-electron chi connectivity index (χ4n) is 1.67. The van der Waals surface area contributed by atoms with Gasteiger partial charge in [-0.05, 0) is 19.1 Å². The zero-order valence-corrected chi connectivity index (χ0v) is 11.9. The van der Waals surface area contributed by atoms with Crippen LogP contribution in [-0.2, 0) is 4.79 Å². The van der Waals surface area contributed by atoms with Crippen LogP contribution in [0.1, 0.15) is 24.2 Å². The maximum Gasteiger partial charge on any atom is 0.293 e. The monoisotopic (exact) mass is 294 g/mol. The molecule has 0 saturated carbocycles. The van der Waals surface area contributed by atoms with Crippen molar-refractivity contribution < 1.29 is 14.5 Å². The van der Waals surface area contributed by atoms with E-state index in [0.29, 0.717) is 25.3 Å². The molecule has 0 aromatic heterocycles. The SMILES string of the molecule is CCNC(=O)c1ccc(NCCNC(C)=O)c([N+](=O)[O-])c1. The molecule has 0 radical (unpaired) electrons. The van der Waals surface area contributed by atoms with Gasteiger partial charge in [-0.25, -0.2) is 0 Å². The molecule has 1 aromatic rings. The zero-order chi connectivity index (χ0) is 15.8. The number of hydrogen-bond acceptors (Lipinski definition) is 5. The number of amides is 2. The molecule has 0 aliphatic rings. The molecule has 1 rings (SSSR count). The maximum atomic E-state index is 11.7. The first-order valence-corrected chi connectivity index (χ1v) is 6.50. The highest BCUT2D eigenvalue weighted by Crippen LogP contribution is 2.25. The van der Waals surface area contributed by atoms with Crippen LogP contribution < -0.4 is 16.0 Å². The molecule has 114 valence electrons. The molecule has 0 saturated heterocycles. The topological polar surface area (TPSA) is 113 Å². The summed E-state index contributed by atoms with van der Waals surface area (Å²) in [6, 6.07) is 4.22. The van der Waals surface area contributed by atoms with E-state index in [1.165, 1.54) is 25.1 Å². The highest BCUT2D eigenvalue weighted by molar-refractivity contribution is 5.95. The van der Waals surface area contributed by atoms with Crippen molar-refractivity contribution in [2.45, 2.75) is 13.8 Å². The lowest BCUT2D eigenvalue weighted by atomic mass is 10.1. The van der Waals surface area contributed by atoms with Crippen molar-refractivity contribution in [3.63, 3.8) is 0 Å². The van der Waals surface area contributed by atoms with Crippen LogP contribution in [0.15, 0.2) is 18.2 Å². The molecule has 2 amide bonds. The van der Waals surface area contributed by atoms with Crippen LogP contribution in [0.2, 0.25) is 0 Å². The van der Waals surface area contributed by atoms with Gasteiger partial charge in [-0.1, -0.05) is 0 Å². The molecule has 0 aliphatic heterocycles. The van der Waals surface area contributed by atoms with Crippen LogP contribution in [0.3, 0.4) is 0 Å². The number of carbonyl (C=O) groups is 2. The minimum atomic E-state index is -0.552. The van der Waals surface area contributed by atoms with Crippen molar-refractivity contribution in [3.05, 3.63) is 33.9 Å². The molecule has 8 nitrogen and oxygen atoms in total. The van der Waals surface area contributed by atoms with Crippen molar-refractivity contribution in [1.82, 2.24) is 10.6 Å². The third-order valence-corrected chi connectivity index (χ3v) is 2.61. The lowest BCUT2D eigenvalue weighted by molar-refractivity contribution is -0.384. The number of benzene rings is 1. The Labute approximate surface area is 122 Å². The fourth-order valence-corrected chi connectivity index (χ4v) is 1.67. The minimum Gasteiger partial charge on any atom is -0.378 e. The largest absolute Gasteiger partial charge is 0.378 e. The molecule has 21 heavy (non-hydrogen) atoms. The van der Waals surface area contributed by atoms with E-state index in [0.717, 1.165) is 0 Å². The first kappa shape index (κ1) is 16.4. The number of nitrogens with zero attached hydrogens (tertiary/aromatic N) is 1. The van der Waals surface area contributed by atoms with Gasteiger partial charge in [0.2, 0.25) is 5.91 Å². The van der Waals surface area contributed by atoms with E-state index in [1.807, 2.05) is 0 Å². The minimum absolute atomic E-state index is 0.169. The molecule has 0 aliphatic carbocycles. The van der Waals surface area contributed by atoms with Gasteiger partial charge in [-0.15, -0.1) is 0 Å². The summed E-state index contributed by atoms with van der Waals surface area (Å²) >= 11 is 0. The Morgan fingerprint density at radius 3 is 2.52 bits per heavy atom. The normalized spacial score (nSPS) is 9.81. The van der Waals surface area contributed by atoms with E-state index >= 15 is 0 Å². The van der Waals surface area contributed by atoms with Gasteiger partial charge in [0.05, 0.1) is 4.92 Å². The van der Waals surface area contributed by atoms with Crippen molar-refractivity contribution in [2.75, 3.05) is 25.0 Å². The van der Waals surface area contributed by atoms with Gasteiger partial charge >= 0.3 is 0 Å². The summed E-state index contributed by atoms with van der Waals surface area (Å²) < 4.78 is 0. The van der Waals surface area contributed by atoms with Crippen molar-refractivity contribution >= 4 is 23.2 Å². The first-order valence-electron chi connectivity index (χ1n) is 6.50. The average Bonchev–Trinajstić information content (AvgIpc) is 2.43. The van der Waals surface area contributed by atoms with E-state index in [1.54, 1.807) is 6.92 Å². The predicted molar refractivity (Wildman–Crippen MR) is 78.3 cm³/mol. The number of anilines is 1.